The molecule has 0 rings (SSSR count). The van der Waals surface area contributed by atoms with Gasteiger partial charge in [-0.05, 0) is 34.6 Å². The van der Waals surface area contributed by atoms with Crippen LogP contribution < -0.4 is 25.5 Å². The largest absolute Gasteiger partial charge is 5.00 e. The summed E-state index contributed by atoms with van der Waals surface area (Å²) >= 11 is 0. The van der Waals surface area contributed by atoms with Crippen molar-refractivity contribution in [1.82, 2.24) is 0 Å². The molecule has 0 aliphatic heterocycles. The molecule has 5 atom stereocenters. The molecule has 0 aromatic heterocycles. The summed E-state index contributed by atoms with van der Waals surface area (Å²) in [6.45, 7) is 8.46. The van der Waals surface area contributed by atoms with Crippen LogP contribution in [0, 0.1) is 0 Å². The van der Waals surface area contributed by atoms with Crippen molar-refractivity contribution in [2.45, 2.75) is 97.2 Å². The van der Waals surface area contributed by atoms with Crippen LogP contribution in [0.1, 0.15) is 66.7 Å². The van der Waals surface area contributed by atoms with E-state index in [9.17, 15) is 73.5 Å². The molecule has 46 heavy (non-hydrogen) atoms. The maximum absolute atomic E-state index is 9.78. The van der Waals surface area contributed by atoms with Crippen molar-refractivity contribution in [2.24, 2.45) is 0 Å². The SMILES string of the molecule is CC(CC(=O)[O-])OC=O.CC(CC(=O)[O-])OC=O.CC(CC(=O)[O-])OC=O.CC(CC(=O)[O-])OC=O.CC(CC(=O)[O-])OC=O.[V+5]. The molecule has 0 N–H and O–H groups in total. The molecule has 0 aromatic carbocycles. The van der Waals surface area contributed by atoms with Crippen LogP contribution in [0.15, 0.2) is 0 Å². The summed E-state index contributed by atoms with van der Waals surface area (Å²) in [5.74, 6) is -6.09. The first kappa shape index (κ1) is 53.8. The average molecular weight is 706 g/mol. The number of rotatable bonds is 20. The third kappa shape index (κ3) is 62.8. The van der Waals surface area contributed by atoms with Gasteiger partial charge in [-0.2, -0.15) is 0 Å². The van der Waals surface area contributed by atoms with Crippen molar-refractivity contribution in [3.05, 3.63) is 0 Å². The standard InChI is InChI=1S/5C5H8O4.V/c5*1-4(9-3-6)2-5(7)8;/h5*3-4H,2H2,1H3,(H,7,8);/q;;;;;+5/p-5. The number of aliphatic carboxylic acids is 5. The van der Waals surface area contributed by atoms with Gasteiger partial charge in [-0.25, -0.2) is 0 Å². The molecule has 0 aliphatic carbocycles. The smallest absolute Gasteiger partial charge is 0.550 e. The van der Waals surface area contributed by atoms with Crippen molar-refractivity contribution in [3.8, 4) is 0 Å². The fourth-order valence-corrected chi connectivity index (χ4v) is 1.89. The Morgan fingerprint density at radius 1 is 0.391 bits per heavy atom. The molecular weight excluding hydrogens is 671 g/mol. The van der Waals surface area contributed by atoms with Crippen molar-refractivity contribution < 1.29 is 116 Å². The Morgan fingerprint density at radius 2 is 0.500 bits per heavy atom. The van der Waals surface area contributed by atoms with Crippen molar-refractivity contribution >= 4 is 62.2 Å². The number of carboxylic acids is 5. The number of carbonyl (C=O) groups is 10. The minimum Gasteiger partial charge on any atom is -0.550 e. The number of hydrogen-bond acceptors (Lipinski definition) is 20. The Kier molecular flexibility index (Phi) is 44.8. The molecule has 0 bridgehead atoms. The number of carboxylic acid groups (broad SMARTS) is 5. The molecule has 21 heteroatoms. The van der Waals surface area contributed by atoms with Gasteiger partial charge in [-0.15, -0.1) is 0 Å². The van der Waals surface area contributed by atoms with Crippen LogP contribution in [0.3, 0.4) is 0 Å². The summed E-state index contributed by atoms with van der Waals surface area (Å²) < 4.78 is 21.3. The molecule has 0 saturated heterocycles. The molecule has 5 unspecified atom stereocenters. The molecule has 0 heterocycles. The van der Waals surface area contributed by atoms with Gasteiger partial charge in [-0.3, -0.25) is 24.0 Å². The quantitative estimate of drug-likeness (QED) is 0.0838. The zero-order valence-corrected chi connectivity index (χ0v) is 26.8. The Balaban J connectivity index is -0.000000108. The summed E-state index contributed by atoms with van der Waals surface area (Å²) in [7, 11) is 0. The van der Waals surface area contributed by atoms with E-state index in [0.29, 0.717) is 0 Å². The van der Waals surface area contributed by atoms with Gasteiger partial charge in [0.15, 0.2) is 0 Å². The van der Waals surface area contributed by atoms with Crippen LogP contribution in [0.2, 0.25) is 0 Å². The van der Waals surface area contributed by atoms with Crippen LogP contribution in [0.5, 0.6) is 0 Å². The van der Waals surface area contributed by atoms with Crippen molar-refractivity contribution in [2.75, 3.05) is 0 Å². The molecule has 0 aliphatic rings. The fourth-order valence-electron chi connectivity index (χ4n) is 1.89. The molecule has 0 saturated carbocycles. The number of ether oxygens (including phenoxy) is 5. The van der Waals surface area contributed by atoms with Crippen LogP contribution in [-0.2, 0) is 90.2 Å². The number of hydrogen-bond donors (Lipinski definition) is 0. The molecule has 0 fully saturated rings. The summed E-state index contributed by atoms with van der Waals surface area (Å²) in [5.41, 5.74) is 0. The Bertz CT molecular complexity index is 717. The van der Waals surface area contributed by atoms with Crippen LogP contribution >= 0.6 is 0 Å². The van der Waals surface area contributed by atoms with Crippen LogP contribution in [0.4, 0.5) is 0 Å². The van der Waals surface area contributed by atoms with E-state index in [1.165, 1.54) is 34.6 Å². The van der Waals surface area contributed by atoms with E-state index in [-0.39, 0.29) is 83.0 Å². The topological polar surface area (TPSA) is 332 Å². The van der Waals surface area contributed by atoms with Gasteiger partial charge in [0.2, 0.25) is 0 Å². The Morgan fingerprint density at radius 3 is 0.565 bits per heavy atom. The summed E-state index contributed by atoms with van der Waals surface area (Å²) in [6.07, 6.45) is -4.21. The molecule has 0 spiro atoms. The van der Waals surface area contributed by atoms with Gasteiger partial charge in [0.25, 0.3) is 32.4 Å². The normalized spacial score (nSPS) is 11.8. The van der Waals surface area contributed by atoms with Crippen molar-refractivity contribution in [3.63, 3.8) is 0 Å². The van der Waals surface area contributed by atoms with E-state index in [1.807, 2.05) is 0 Å². The monoisotopic (exact) mass is 706 g/mol. The van der Waals surface area contributed by atoms with E-state index in [2.05, 4.69) is 23.7 Å². The van der Waals surface area contributed by atoms with Gasteiger partial charge in [0.1, 0.15) is 30.5 Å². The predicted molar refractivity (Wildman–Crippen MR) is 131 cm³/mol. The van der Waals surface area contributed by atoms with E-state index < -0.39 is 60.4 Å². The average Bonchev–Trinajstić information content (AvgIpc) is 2.84. The van der Waals surface area contributed by atoms with Gasteiger partial charge >= 0.3 is 18.6 Å². The first-order chi connectivity index (χ1) is 20.8. The minimum atomic E-state index is -1.22. The Labute approximate surface area is 275 Å². The molecule has 0 amide bonds. The minimum absolute atomic E-state index is 0. The van der Waals surface area contributed by atoms with Gasteiger partial charge in [0, 0.05) is 62.0 Å². The number of carbonyl (C=O) groups excluding carboxylic acids is 10. The van der Waals surface area contributed by atoms with E-state index in [4.69, 9.17) is 0 Å². The summed E-state index contributed by atoms with van der Waals surface area (Å²) in [5, 5.41) is 48.9. The van der Waals surface area contributed by atoms with Gasteiger partial charge in [0.05, 0.1) is 0 Å². The first-order valence-electron chi connectivity index (χ1n) is 12.3. The molecule has 260 valence electrons. The van der Waals surface area contributed by atoms with Gasteiger partial charge < -0.3 is 73.2 Å². The third-order valence-corrected chi connectivity index (χ3v) is 3.71. The molecule has 0 radical (unpaired) electrons. The second-order valence-electron chi connectivity index (χ2n) is 8.10. The summed E-state index contributed by atoms with van der Waals surface area (Å²) in [4.78, 5) is 96.7. The zero-order valence-electron chi connectivity index (χ0n) is 25.4. The van der Waals surface area contributed by atoms with E-state index in [1.54, 1.807) is 0 Å². The van der Waals surface area contributed by atoms with Crippen molar-refractivity contribution in [1.29, 1.82) is 0 Å². The van der Waals surface area contributed by atoms with E-state index in [0.717, 1.165) is 0 Å². The maximum atomic E-state index is 9.78. The molecule has 20 nitrogen and oxygen atoms in total. The third-order valence-electron chi connectivity index (χ3n) is 3.71. The molecular formula is C25H35O20V. The maximum Gasteiger partial charge on any atom is 5.00 e. The summed E-state index contributed by atoms with van der Waals surface area (Å²) in [6, 6.07) is 0. The molecule has 0 aromatic rings. The second kappa shape index (κ2) is 38.3. The van der Waals surface area contributed by atoms with E-state index >= 15 is 0 Å². The van der Waals surface area contributed by atoms with Crippen LogP contribution in [0.25, 0.3) is 0 Å². The fraction of sp³-hybridized carbons (Fsp3) is 0.600. The van der Waals surface area contributed by atoms with Gasteiger partial charge in [-0.1, -0.05) is 0 Å². The zero-order chi connectivity index (χ0) is 36.4. The second-order valence-corrected chi connectivity index (χ2v) is 8.10. The first-order valence-corrected chi connectivity index (χ1v) is 12.3. The Hall–Kier alpha value is -4.72. The predicted octanol–water partition coefficient (Wildman–Crippen LogP) is -6.56. The van der Waals surface area contributed by atoms with Crippen LogP contribution in [-0.4, -0.2) is 92.7 Å².